The Balaban J connectivity index is 2.20. The number of nitrogens with zero attached hydrogens (tertiary/aromatic N) is 1. The fourth-order valence-electron chi connectivity index (χ4n) is 1.38. The van der Waals surface area contributed by atoms with E-state index in [1.54, 1.807) is 36.5 Å². The maximum Gasteiger partial charge on any atom is 0.272 e. The van der Waals surface area contributed by atoms with E-state index in [2.05, 4.69) is 15.0 Å². The minimum absolute atomic E-state index is 0.290. The van der Waals surface area contributed by atoms with Crippen LogP contribution >= 0.6 is 11.3 Å². The van der Waals surface area contributed by atoms with Crippen molar-refractivity contribution >= 4 is 27.2 Å². The highest BCUT2D eigenvalue weighted by molar-refractivity contribution is 7.94. The first-order valence-corrected chi connectivity index (χ1v) is 7.59. The molecule has 0 aliphatic heterocycles. The Kier molecular flexibility index (Phi) is 3.95. The second kappa shape index (κ2) is 5.47. The summed E-state index contributed by atoms with van der Waals surface area (Å²) in [4.78, 5) is 4.91. The highest BCUT2D eigenvalue weighted by Gasteiger charge is 2.17. The van der Waals surface area contributed by atoms with Crippen LogP contribution in [-0.2, 0) is 16.6 Å². The minimum atomic E-state index is -3.53. The summed E-state index contributed by atoms with van der Waals surface area (Å²) in [5, 5.41) is 2.98. The van der Waals surface area contributed by atoms with Gasteiger partial charge in [-0.1, -0.05) is 6.07 Å². The molecule has 5 nitrogen and oxygen atoms in total. The Bertz CT molecular complexity index is 608. The molecule has 18 heavy (non-hydrogen) atoms. The molecule has 0 saturated heterocycles. The van der Waals surface area contributed by atoms with Crippen LogP contribution in [0, 0.1) is 0 Å². The van der Waals surface area contributed by atoms with Gasteiger partial charge in [-0.2, -0.15) is 0 Å². The molecular weight excluding hydrogens is 270 g/mol. The molecule has 2 heterocycles. The average molecular weight is 283 g/mol. The number of sulfonamides is 1. The number of aromatic nitrogens is 1. The Morgan fingerprint density at radius 3 is 2.78 bits per heavy atom. The van der Waals surface area contributed by atoms with E-state index >= 15 is 0 Å². The molecule has 2 N–H and O–H groups in total. The van der Waals surface area contributed by atoms with E-state index in [0.717, 1.165) is 4.88 Å². The zero-order valence-electron chi connectivity index (χ0n) is 9.75. The molecule has 0 amide bonds. The highest BCUT2D eigenvalue weighted by atomic mass is 32.2. The predicted molar refractivity (Wildman–Crippen MR) is 72.1 cm³/mol. The minimum Gasteiger partial charge on any atom is -0.315 e. The van der Waals surface area contributed by atoms with Gasteiger partial charge in [0.05, 0.1) is 0 Å². The van der Waals surface area contributed by atoms with E-state index in [1.165, 1.54) is 11.3 Å². The van der Waals surface area contributed by atoms with E-state index in [1.807, 2.05) is 7.05 Å². The molecule has 2 aromatic heterocycles. The number of hydrogen-bond acceptors (Lipinski definition) is 5. The lowest BCUT2D eigenvalue weighted by molar-refractivity contribution is 0.603. The molecule has 96 valence electrons. The van der Waals surface area contributed by atoms with Crippen LogP contribution < -0.4 is 10.0 Å². The van der Waals surface area contributed by atoms with Gasteiger partial charge in [-0.15, -0.1) is 11.3 Å². The van der Waals surface area contributed by atoms with Gasteiger partial charge in [-0.25, -0.2) is 13.4 Å². The van der Waals surface area contributed by atoms with Gasteiger partial charge in [-0.3, -0.25) is 4.72 Å². The molecule has 0 unspecified atom stereocenters. The van der Waals surface area contributed by atoms with Crippen molar-refractivity contribution < 1.29 is 8.42 Å². The van der Waals surface area contributed by atoms with Gasteiger partial charge < -0.3 is 5.32 Å². The van der Waals surface area contributed by atoms with E-state index < -0.39 is 10.0 Å². The van der Waals surface area contributed by atoms with Gasteiger partial charge in [0, 0.05) is 17.6 Å². The first kappa shape index (κ1) is 13.0. The third kappa shape index (κ3) is 3.06. The number of anilines is 1. The lowest BCUT2D eigenvalue weighted by Crippen LogP contribution is -2.12. The second-order valence-corrected chi connectivity index (χ2v) is 6.65. The van der Waals surface area contributed by atoms with E-state index in [9.17, 15) is 8.42 Å². The van der Waals surface area contributed by atoms with Gasteiger partial charge >= 0.3 is 0 Å². The lowest BCUT2D eigenvalue weighted by Gasteiger charge is -2.04. The molecule has 0 radical (unpaired) electrons. The van der Waals surface area contributed by atoms with Gasteiger partial charge in [0.25, 0.3) is 10.0 Å². The number of thiophene rings is 1. The zero-order chi connectivity index (χ0) is 13.0. The molecule has 0 saturated carbocycles. The molecule has 0 fully saturated rings. The van der Waals surface area contributed by atoms with Crippen LogP contribution in [0.3, 0.4) is 0 Å². The zero-order valence-corrected chi connectivity index (χ0v) is 11.4. The van der Waals surface area contributed by atoms with Crippen molar-refractivity contribution in [3.05, 3.63) is 41.4 Å². The molecule has 0 aliphatic rings. The van der Waals surface area contributed by atoms with Crippen molar-refractivity contribution in [2.75, 3.05) is 11.8 Å². The van der Waals surface area contributed by atoms with Crippen molar-refractivity contribution in [1.82, 2.24) is 10.3 Å². The largest absolute Gasteiger partial charge is 0.315 e. The summed E-state index contributed by atoms with van der Waals surface area (Å²) >= 11 is 1.24. The van der Waals surface area contributed by atoms with Gasteiger partial charge in [0.2, 0.25) is 0 Å². The maximum atomic E-state index is 12.1. The van der Waals surface area contributed by atoms with Gasteiger partial charge in [-0.05, 0) is 31.3 Å². The quantitative estimate of drug-likeness (QED) is 0.875. The molecule has 0 bridgehead atoms. The Morgan fingerprint density at radius 1 is 1.28 bits per heavy atom. The van der Waals surface area contributed by atoms with Gasteiger partial charge in [0.15, 0.2) is 0 Å². The fourth-order valence-corrected chi connectivity index (χ4v) is 3.76. The van der Waals surface area contributed by atoms with Crippen LogP contribution in [0.5, 0.6) is 0 Å². The topological polar surface area (TPSA) is 71.1 Å². The number of pyridine rings is 1. The van der Waals surface area contributed by atoms with E-state index in [4.69, 9.17) is 0 Å². The Morgan fingerprint density at radius 2 is 2.11 bits per heavy atom. The number of rotatable bonds is 5. The molecular formula is C11H13N3O2S2. The van der Waals surface area contributed by atoms with Crippen molar-refractivity contribution in [3.63, 3.8) is 0 Å². The summed E-state index contributed by atoms with van der Waals surface area (Å²) < 4.78 is 26.8. The highest BCUT2D eigenvalue weighted by Crippen LogP contribution is 2.23. The molecule has 0 aromatic carbocycles. The smallest absolute Gasteiger partial charge is 0.272 e. The van der Waals surface area contributed by atoms with Crippen molar-refractivity contribution in [2.24, 2.45) is 0 Å². The fraction of sp³-hybridized carbons (Fsp3) is 0.182. The third-order valence-corrected chi connectivity index (χ3v) is 5.09. The van der Waals surface area contributed by atoms with Crippen LogP contribution in [0.4, 0.5) is 5.82 Å². The SMILES string of the molecule is CNCc1ccc(S(=O)(=O)Nc2ccccn2)s1. The third-order valence-electron chi connectivity index (χ3n) is 2.16. The van der Waals surface area contributed by atoms with Crippen molar-refractivity contribution in [2.45, 2.75) is 10.8 Å². The van der Waals surface area contributed by atoms with Gasteiger partial charge in [0.1, 0.15) is 10.0 Å². The summed E-state index contributed by atoms with van der Waals surface area (Å²) in [6.45, 7) is 0.657. The van der Waals surface area contributed by atoms with Crippen LogP contribution in [-0.4, -0.2) is 20.4 Å². The van der Waals surface area contributed by atoms with E-state index in [0.29, 0.717) is 16.6 Å². The normalized spacial score (nSPS) is 11.4. The van der Waals surface area contributed by atoms with Crippen molar-refractivity contribution in [1.29, 1.82) is 0 Å². The van der Waals surface area contributed by atoms with Crippen molar-refractivity contribution in [3.8, 4) is 0 Å². The lowest BCUT2D eigenvalue weighted by atomic mass is 10.5. The Labute approximate surface area is 110 Å². The number of hydrogen-bond donors (Lipinski definition) is 2. The molecule has 0 aliphatic carbocycles. The predicted octanol–water partition coefficient (Wildman–Crippen LogP) is 1.66. The second-order valence-electron chi connectivity index (χ2n) is 3.57. The average Bonchev–Trinajstić information content (AvgIpc) is 2.80. The molecule has 0 atom stereocenters. The van der Waals surface area contributed by atoms with Crippen LogP contribution in [0.25, 0.3) is 0 Å². The Hall–Kier alpha value is -1.44. The molecule has 0 spiro atoms. The van der Waals surface area contributed by atoms with Crippen LogP contribution in [0.15, 0.2) is 40.7 Å². The monoisotopic (exact) mass is 283 g/mol. The van der Waals surface area contributed by atoms with E-state index in [-0.39, 0.29) is 0 Å². The maximum absolute atomic E-state index is 12.1. The summed E-state index contributed by atoms with van der Waals surface area (Å²) in [5.74, 6) is 0.320. The summed E-state index contributed by atoms with van der Waals surface area (Å²) in [7, 11) is -1.71. The summed E-state index contributed by atoms with van der Waals surface area (Å²) in [5.41, 5.74) is 0. The number of nitrogens with one attached hydrogen (secondary N) is 2. The molecule has 2 rings (SSSR count). The first-order valence-electron chi connectivity index (χ1n) is 5.29. The first-order chi connectivity index (χ1) is 8.62. The summed E-state index contributed by atoms with van der Waals surface area (Å²) in [6, 6.07) is 8.47. The molecule has 2 aromatic rings. The molecule has 7 heteroatoms. The standard InChI is InChI=1S/C11H13N3O2S2/c1-12-8-9-5-6-11(17-9)18(15,16)14-10-4-2-3-7-13-10/h2-7,12H,8H2,1H3,(H,13,14). The van der Waals surface area contributed by atoms with Crippen LogP contribution in [0.1, 0.15) is 4.88 Å². The summed E-state index contributed by atoms with van der Waals surface area (Å²) in [6.07, 6.45) is 1.54. The van der Waals surface area contributed by atoms with Crippen LogP contribution in [0.2, 0.25) is 0 Å².